The van der Waals surface area contributed by atoms with Gasteiger partial charge in [0.1, 0.15) is 11.5 Å². The van der Waals surface area contributed by atoms with Gasteiger partial charge in [-0.25, -0.2) is 18.9 Å². The van der Waals surface area contributed by atoms with Crippen molar-refractivity contribution >= 4 is 30.2 Å². The highest BCUT2D eigenvalue weighted by atomic mass is 19.1. The van der Waals surface area contributed by atoms with Gasteiger partial charge in [-0.2, -0.15) is 5.10 Å². The summed E-state index contributed by atoms with van der Waals surface area (Å²) in [4.78, 5) is 24.5. The van der Waals surface area contributed by atoms with Crippen molar-refractivity contribution in [3.8, 4) is 11.3 Å². The fourth-order valence-electron chi connectivity index (χ4n) is 3.45. The Bertz CT molecular complexity index is 1360. The quantitative estimate of drug-likeness (QED) is 0.466. The molecule has 0 aliphatic carbocycles. The molecule has 0 radical (unpaired) electrons. The van der Waals surface area contributed by atoms with Crippen molar-refractivity contribution in [3.63, 3.8) is 0 Å². The van der Waals surface area contributed by atoms with Crippen molar-refractivity contribution in [1.82, 2.24) is 24.9 Å². The van der Waals surface area contributed by atoms with E-state index in [1.165, 1.54) is 25.4 Å². The molecule has 0 fully saturated rings. The number of hydrogen-bond donors (Lipinski definition) is 1. The number of aliphatic imine (C=N–C) groups is 1. The van der Waals surface area contributed by atoms with E-state index in [2.05, 4.69) is 32.1 Å². The highest BCUT2D eigenvalue weighted by molar-refractivity contribution is 5.94. The summed E-state index contributed by atoms with van der Waals surface area (Å²) >= 11 is 0. The average Bonchev–Trinajstić information content (AvgIpc) is 3.21. The van der Waals surface area contributed by atoms with Crippen LogP contribution in [0.1, 0.15) is 34.1 Å². The molecular formula is C24H21FN6O. The minimum Gasteiger partial charge on any atom is -0.355 e. The molecule has 8 heteroatoms. The van der Waals surface area contributed by atoms with Crippen molar-refractivity contribution in [2.24, 2.45) is 4.99 Å². The van der Waals surface area contributed by atoms with Crippen LogP contribution in [0.4, 0.5) is 10.1 Å². The number of rotatable bonds is 6. The first-order chi connectivity index (χ1) is 15.5. The van der Waals surface area contributed by atoms with Crippen molar-refractivity contribution in [2.75, 3.05) is 7.05 Å². The second kappa shape index (κ2) is 8.89. The zero-order valence-corrected chi connectivity index (χ0v) is 17.7. The third kappa shape index (κ3) is 4.02. The van der Waals surface area contributed by atoms with Gasteiger partial charge < -0.3 is 5.32 Å². The van der Waals surface area contributed by atoms with Crippen LogP contribution in [-0.2, 0) is 6.42 Å². The first-order valence-corrected chi connectivity index (χ1v) is 9.98. The van der Waals surface area contributed by atoms with Gasteiger partial charge in [-0.15, -0.1) is 0 Å². The summed E-state index contributed by atoms with van der Waals surface area (Å²) in [7, 11) is 1.46. The van der Waals surface area contributed by atoms with Crippen LogP contribution in [0.2, 0.25) is 0 Å². The predicted molar refractivity (Wildman–Crippen MR) is 123 cm³/mol. The van der Waals surface area contributed by atoms with Gasteiger partial charge in [-0.05, 0) is 43.5 Å². The maximum Gasteiger partial charge on any atom is 0.253 e. The summed E-state index contributed by atoms with van der Waals surface area (Å²) in [5.74, 6) is -0.659. The maximum absolute atomic E-state index is 14.4. The Balaban J connectivity index is 1.70. The van der Waals surface area contributed by atoms with Gasteiger partial charge in [0.05, 0.1) is 29.3 Å². The molecule has 1 amide bonds. The topological polar surface area (TPSA) is 84.5 Å². The molecule has 0 aliphatic heterocycles. The van der Waals surface area contributed by atoms with Gasteiger partial charge in [0.25, 0.3) is 11.7 Å². The number of hydrogen-bond acceptors (Lipinski definition) is 5. The van der Waals surface area contributed by atoms with Gasteiger partial charge in [-0.3, -0.25) is 9.79 Å². The van der Waals surface area contributed by atoms with E-state index in [-0.39, 0.29) is 5.56 Å². The normalized spacial score (nSPS) is 11.2. The van der Waals surface area contributed by atoms with Crippen LogP contribution < -0.4 is 5.32 Å². The van der Waals surface area contributed by atoms with E-state index < -0.39 is 11.7 Å². The molecule has 0 bridgehead atoms. The number of allylic oxidation sites excluding steroid dienone is 1. The molecular weight excluding hydrogens is 407 g/mol. The monoisotopic (exact) mass is 428 g/mol. The lowest BCUT2D eigenvalue weighted by Crippen LogP contribution is -2.19. The molecule has 32 heavy (non-hydrogen) atoms. The van der Waals surface area contributed by atoms with Crippen LogP contribution in [0.3, 0.4) is 0 Å². The van der Waals surface area contributed by atoms with E-state index in [1.807, 2.05) is 37.3 Å². The lowest BCUT2D eigenvalue weighted by molar-refractivity contribution is 0.0959. The molecule has 7 nitrogen and oxygen atoms in total. The lowest BCUT2D eigenvalue weighted by atomic mass is 10.0. The second-order valence-electron chi connectivity index (χ2n) is 7.11. The minimum atomic E-state index is -0.623. The van der Waals surface area contributed by atoms with Gasteiger partial charge in [0.15, 0.2) is 0 Å². The number of imidazole rings is 1. The van der Waals surface area contributed by atoms with Crippen molar-refractivity contribution in [2.45, 2.75) is 13.3 Å². The Morgan fingerprint density at radius 1 is 1.22 bits per heavy atom. The first kappa shape index (κ1) is 21.0. The molecule has 0 atom stereocenters. The van der Waals surface area contributed by atoms with Crippen LogP contribution >= 0.6 is 0 Å². The van der Waals surface area contributed by atoms with Crippen molar-refractivity contribution in [1.29, 1.82) is 0 Å². The molecule has 1 N–H and O–H groups in total. The molecule has 0 saturated heterocycles. The average molecular weight is 428 g/mol. The van der Waals surface area contributed by atoms with Crippen LogP contribution in [-0.4, -0.2) is 39.3 Å². The predicted octanol–water partition coefficient (Wildman–Crippen LogP) is 4.25. The summed E-state index contributed by atoms with van der Waals surface area (Å²) in [5.41, 5.74) is 4.65. The zero-order valence-electron chi connectivity index (χ0n) is 17.7. The molecule has 0 aliphatic rings. The molecule has 0 unspecified atom stereocenters. The molecule has 2 aromatic carbocycles. The van der Waals surface area contributed by atoms with E-state index >= 15 is 0 Å². The molecule has 160 valence electrons. The summed E-state index contributed by atoms with van der Waals surface area (Å²) in [6, 6.07) is 10.3. The summed E-state index contributed by atoms with van der Waals surface area (Å²) in [6.07, 6.45) is 7.77. The fraction of sp³-hybridized carbons (Fsp3) is 0.125. The van der Waals surface area contributed by atoms with Crippen LogP contribution in [0.15, 0.2) is 59.9 Å². The summed E-state index contributed by atoms with van der Waals surface area (Å²) < 4.78 is 16.1. The fourth-order valence-corrected chi connectivity index (χ4v) is 3.45. The third-order valence-electron chi connectivity index (χ3n) is 5.03. The van der Waals surface area contributed by atoms with E-state index in [1.54, 1.807) is 16.8 Å². The molecule has 4 rings (SSSR count). The van der Waals surface area contributed by atoms with E-state index in [4.69, 9.17) is 0 Å². The van der Waals surface area contributed by atoms with Crippen molar-refractivity contribution < 1.29 is 9.18 Å². The minimum absolute atomic E-state index is 0.0250. The van der Waals surface area contributed by atoms with Gasteiger partial charge in [0, 0.05) is 24.6 Å². The highest BCUT2D eigenvalue weighted by Gasteiger charge is 2.14. The third-order valence-corrected chi connectivity index (χ3v) is 5.03. The summed E-state index contributed by atoms with van der Waals surface area (Å²) in [6.45, 7) is 5.57. The van der Waals surface area contributed by atoms with E-state index in [9.17, 15) is 9.18 Å². The van der Waals surface area contributed by atoms with Gasteiger partial charge in [0.2, 0.25) is 0 Å². The van der Waals surface area contributed by atoms with Gasteiger partial charge >= 0.3 is 0 Å². The number of nitrogens with one attached hydrogen (secondary N) is 1. The number of halogens is 1. The summed E-state index contributed by atoms with van der Waals surface area (Å²) in [5, 5.41) is 7.03. The Labute approximate surface area is 184 Å². The van der Waals surface area contributed by atoms with Crippen LogP contribution in [0, 0.1) is 5.82 Å². The largest absolute Gasteiger partial charge is 0.355 e. The Kier molecular flexibility index (Phi) is 5.85. The number of nitrogens with zero attached hydrogens (tertiary/aromatic N) is 5. The molecule has 4 aromatic rings. The molecule has 0 saturated carbocycles. The number of aromatic nitrogens is 4. The number of amides is 1. The smallest absolute Gasteiger partial charge is 0.253 e. The molecule has 0 spiro atoms. The van der Waals surface area contributed by atoms with Gasteiger partial charge in [-0.1, -0.05) is 24.3 Å². The maximum atomic E-state index is 14.4. The number of fused-ring (bicyclic) bond motifs is 1. The second-order valence-corrected chi connectivity index (χ2v) is 7.11. The Morgan fingerprint density at radius 2 is 2.03 bits per heavy atom. The van der Waals surface area contributed by atoms with Crippen LogP contribution in [0.5, 0.6) is 0 Å². The van der Waals surface area contributed by atoms with Crippen LogP contribution in [0.25, 0.3) is 23.1 Å². The number of benzene rings is 2. The Hall–Kier alpha value is -4.20. The van der Waals surface area contributed by atoms with Crippen molar-refractivity contribution in [3.05, 3.63) is 83.1 Å². The SMILES string of the molecule is C=Nc1ccc(Cc2cnc3ncc(-c4ccc(C(=O)NC)c(F)c4)nn23)cc1/C=C\C. The molecule has 2 aromatic heterocycles. The zero-order chi connectivity index (χ0) is 22.7. The molecule has 2 heterocycles. The standard InChI is InChI=1S/C24H21FN6O/c1-4-5-16-10-15(6-9-21(16)26-2)11-18-13-28-24-29-14-22(30-31(18)24)17-7-8-19(20(25)12-17)23(32)27-3/h4-10,12-14H,2,11H2,1,3H3,(H,27,32)/b5-4-. The lowest BCUT2D eigenvalue weighted by Gasteiger charge is -2.07. The number of carbonyl (C=O) groups excluding carboxylic acids is 1. The Morgan fingerprint density at radius 3 is 2.75 bits per heavy atom. The highest BCUT2D eigenvalue weighted by Crippen LogP contribution is 2.24. The number of carbonyl (C=O) groups is 1. The van der Waals surface area contributed by atoms with E-state index in [0.717, 1.165) is 22.5 Å². The van der Waals surface area contributed by atoms with E-state index in [0.29, 0.717) is 23.5 Å². The first-order valence-electron chi connectivity index (χ1n) is 9.98.